The van der Waals surface area contributed by atoms with Crippen molar-refractivity contribution in [2.45, 2.75) is 13.3 Å². The molecule has 0 saturated carbocycles. The molecule has 2 N–H and O–H groups in total. The van der Waals surface area contributed by atoms with Crippen molar-refractivity contribution in [3.05, 3.63) is 42.2 Å². The zero-order valence-electron chi connectivity index (χ0n) is 13.9. The number of aromatic nitrogens is 2. The first-order valence-corrected chi connectivity index (χ1v) is 7.82. The summed E-state index contributed by atoms with van der Waals surface area (Å²) in [5.41, 5.74) is 1.19. The molecule has 1 amide bonds. The van der Waals surface area contributed by atoms with E-state index in [-0.39, 0.29) is 5.91 Å². The molecule has 0 spiro atoms. The minimum Gasteiger partial charge on any atom is -0.492 e. The molecule has 0 radical (unpaired) electrons. The lowest BCUT2D eigenvalue weighted by atomic mass is 10.3. The standard InChI is InChI=1S/C17H22N4O3/c1-3-24-15-8-5-4-7-14(15)21-17-19-11-13(12-20-17)16(22)18-9-6-10-23-2/h4-5,7-8,11-12H,3,6,9-10H2,1-2H3,(H,18,22)(H,19,20,21). The van der Waals surface area contributed by atoms with E-state index in [9.17, 15) is 4.79 Å². The van der Waals surface area contributed by atoms with Gasteiger partial charge >= 0.3 is 0 Å². The number of amides is 1. The van der Waals surface area contributed by atoms with Crippen LogP contribution in [0.2, 0.25) is 0 Å². The van der Waals surface area contributed by atoms with Gasteiger partial charge in [0.2, 0.25) is 5.95 Å². The van der Waals surface area contributed by atoms with Crippen LogP contribution in [0, 0.1) is 0 Å². The second-order valence-electron chi connectivity index (χ2n) is 4.95. The first-order valence-electron chi connectivity index (χ1n) is 7.82. The molecule has 1 aromatic heterocycles. The van der Waals surface area contributed by atoms with Crippen molar-refractivity contribution in [3.63, 3.8) is 0 Å². The molecule has 0 atom stereocenters. The third kappa shape index (κ3) is 5.20. The number of hydrogen-bond donors (Lipinski definition) is 2. The van der Waals surface area contributed by atoms with Gasteiger partial charge in [0.15, 0.2) is 0 Å². The van der Waals surface area contributed by atoms with Gasteiger partial charge in [0.1, 0.15) is 5.75 Å². The molecule has 7 nitrogen and oxygen atoms in total. The Kier molecular flexibility index (Phi) is 6.97. The summed E-state index contributed by atoms with van der Waals surface area (Å²) in [6.45, 7) is 3.66. The van der Waals surface area contributed by atoms with Crippen LogP contribution < -0.4 is 15.4 Å². The van der Waals surface area contributed by atoms with Gasteiger partial charge in [-0.25, -0.2) is 9.97 Å². The lowest BCUT2D eigenvalue weighted by molar-refractivity contribution is 0.0948. The van der Waals surface area contributed by atoms with Gasteiger partial charge in [0.25, 0.3) is 5.91 Å². The van der Waals surface area contributed by atoms with Gasteiger partial charge in [0.05, 0.1) is 17.9 Å². The van der Waals surface area contributed by atoms with Crippen molar-refractivity contribution in [2.75, 3.05) is 32.2 Å². The van der Waals surface area contributed by atoms with E-state index in [0.29, 0.717) is 31.3 Å². The van der Waals surface area contributed by atoms with Crippen molar-refractivity contribution in [1.29, 1.82) is 0 Å². The molecule has 0 fully saturated rings. The summed E-state index contributed by atoms with van der Waals surface area (Å²) in [7, 11) is 1.63. The smallest absolute Gasteiger partial charge is 0.254 e. The van der Waals surface area contributed by atoms with Crippen LogP contribution in [-0.2, 0) is 4.74 Å². The first kappa shape index (κ1) is 17.7. The van der Waals surface area contributed by atoms with Gasteiger partial charge in [-0.15, -0.1) is 0 Å². The maximum atomic E-state index is 11.9. The van der Waals surface area contributed by atoms with Gasteiger partial charge in [-0.1, -0.05) is 12.1 Å². The summed E-state index contributed by atoms with van der Waals surface area (Å²) in [5, 5.41) is 5.88. The van der Waals surface area contributed by atoms with Crippen molar-refractivity contribution in [1.82, 2.24) is 15.3 Å². The average Bonchev–Trinajstić information content (AvgIpc) is 2.61. The Balaban J connectivity index is 1.96. The normalized spacial score (nSPS) is 10.2. The lowest BCUT2D eigenvalue weighted by Gasteiger charge is -2.11. The molecule has 1 heterocycles. The summed E-state index contributed by atoms with van der Waals surface area (Å²) in [6.07, 6.45) is 3.74. The summed E-state index contributed by atoms with van der Waals surface area (Å²) in [6, 6.07) is 7.54. The largest absolute Gasteiger partial charge is 0.492 e. The molecule has 0 aliphatic heterocycles. The predicted octanol–water partition coefficient (Wildman–Crippen LogP) is 2.39. The zero-order valence-corrected chi connectivity index (χ0v) is 13.9. The second-order valence-corrected chi connectivity index (χ2v) is 4.95. The number of methoxy groups -OCH3 is 1. The van der Waals surface area contributed by atoms with E-state index >= 15 is 0 Å². The second kappa shape index (κ2) is 9.46. The van der Waals surface area contributed by atoms with Crippen LogP contribution in [0.25, 0.3) is 0 Å². The van der Waals surface area contributed by atoms with Crippen LogP contribution in [0.5, 0.6) is 5.75 Å². The number of carbonyl (C=O) groups is 1. The number of para-hydroxylation sites is 2. The van der Waals surface area contributed by atoms with E-state index in [1.807, 2.05) is 31.2 Å². The fourth-order valence-corrected chi connectivity index (χ4v) is 2.00. The maximum Gasteiger partial charge on any atom is 0.254 e. The Morgan fingerprint density at radius 1 is 1.21 bits per heavy atom. The quantitative estimate of drug-likeness (QED) is 0.687. The number of hydrogen-bond acceptors (Lipinski definition) is 6. The molecule has 7 heteroatoms. The highest BCUT2D eigenvalue weighted by Gasteiger charge is 2.08. The average molecular weight is 330 g/mol. The maximum absolute atomic E-state index is 11.9. The molecule has 128 valence electrons. The minimum absolute atomic E-state index is 0.202. The Bertz CT molecular complexity index is 647. The van der Waals surface area contributed by atoms with Gasteiger partial charge < -0.3 is 20.1 Å². The number of nitrogens with one attached hydrogen (secondary N) is 2. The fourth-order valence-electron chi connectivity index (χ4n) is 2.00. The van der Waals surface area contributed by atoms with Crippen LogP contribution in [0.15, 0.2) is 36.7 Å². The highest BCUT2D eigenvalue weighted by molar-refractivity contribution is 5.93. The van der Waals surface area contributed by atoms with Crippen LogP contribution in [0.1, 0.15) is 23.7 Å². The minimum atomic E-state index is -0.202. The number of ether oxygens (including phenoxy) is 2. The van der Waals surface area contributed by atoms with E-state index in [1.165, 1.54) is 12.4 Å². The number of rotatable bonds is 9. The fraction of sp³-hybridized carbons (Fsp3) is 0.353. The molecule has 0 aliphatic rings. The highest BCUT2D eigenvalue weighted by atomic mass is 16.5. The SMILES string of the molecule is CCOc1ccccc1Nc1ncc(C(=O)NCCCOC)cn1. The summed E-state index contributed by atoms with van der Waals surface area (Å²) < 4.78 is 10.5. The van der Waals surface area contributed by atoms with E-state index in [2.05, 4.69) is 20.6 Å². The van der Waals surface area contributed by atoms with E-state index in [4.69, 9.17) is 9.47 Å². The Labute approximate surface area is 141 Å². The molecule has 0 unspecified atom stereocenters. The van der Waals surface area contributed by atoms with Crippen LogP contribution in [0.4, 0.5) is 11.6 Å². The number of nitrogens with zero attached hydrogens (tertiary/aromatic N) is 2. The van der Waals surface area contributed by atoms with E-state index < -0.39 is 0 Å². The Morgan fingerprint density at radius 3 is 2.67 bits per heavy atom. The topological polar surface area (TPSA) is 85.4 Å². The van der Waals surface area contributed by atoms with Crippen molar-refractivity contribution in [2.24, 2.45) is 0 Å². The molecular weight excluding hydrogens is 308 g/mol. The van der Waals surface area contributed by atoms with Gasteiger partial charge in [-0.3, -0.25) is 4.79 Å². The predicted molar refractivity (Wildman–Crippen MR) is 91.8 cm³/mol. The molecular formula is C17H22N4O3. The molecule has 2 rings (SSSR count). The van der Waals surface area contributed by atoms with Crippen LogP contribution in [0.3, 0.4) is 0 Å². The molecule has 0 bridgehead atoms. The van der Waals surface area contributed by atoms with Crippen LogP contribution in [-0.4, -0.2) is 42.7 Å². The third-order valence-corrected chi connectivity index (χ3v) is 3.16. The Morgan fingerprint density at radius 2 is 1.96 bits per heavy atom. The number of benzene rings is 1. The van der Waals surface area contributed by atoms with Gasteiger partial charge in [-0.05, 0) is 25.5 Å². The highest BCUT2D eigenvalue weighted by Crippen LogP contribution is 2.25. The first-order chi connectivity index (χ1) is 11.7. The van der Waals surface area contributed by atoms with Crippen molar-refractivity contribution in [3.8, 4) is 5.75 Å². The molecule has 0 aliphatic carbocycles. The van der Waals surface area contributed by atoms with Gasteiger partial charge in [0, 0.05) is 32.7 Å². The van der Waals surface area contributed by atoms with E-state index in [0.717, 1.165) is 17.9 Å². The summed E-state index contributed by atoms with van der Waals surface area (Å²) >= 11 is 0. The Hall–Kier alpha value is -2.67. The zero-order chi connectivity index (χ0) is 17.2. The summed E-state index contributed by atoms with van der Waals surface area (Å²) in [4.78, 5) is 20.3. The molecule has 0 saturated heterocycles. The van der Waals surface area contributed by atoms with Crippen molar-refractivity contribution >= 4 is 17.5 Å². The molecule has 2 aromatic rings. The van der Waals surface area contributed by atoms with Crippen LogP contribution >= 0.6 is 0 Å². The summed E-state index contributed by atoms with van der Waals surface area (Å²) in [5.74, 6) is 0.925. The third-order valence-electron chi connectivity index (χ3n) is 3.16. The van der Waals surface area contributed by atoms with Crippen molar-refractivity contribution < 1.29 is 14.3 Å². The molecule has 1 aromatic carbocycles. The number of anilines is 2. The van der Waals surface area contributed by atoms with E-state index in [1.54, 1.807) is 7.11 Å². The molecule has 24 heavy (non-hydrogen) atoms. The number of carbonyl (C=O) groups excluding carboxylic acids is 1. The monoisotopic (exact) mass is 330 g/mol. The van der Waals surface area contributed by atoms with Gasteiger partial charge in [-0.2, -0.15) is 0 Å². The lowest BCUT2D eigenvalue weighted by Crippen LogP contribution is -2.25.